The summed E-state index contributed by atoms with van der Waals surface area (Å²) >= 11 is 0. The number of anilines is 2. The first-order chi connectivity index (χ1) is 14.7. The van der Waals surface area contributed by atoms with Crippen LogP contribution in [0, 0.1) is 0 Å². The first kappa shape index (κ1) is 17.0. The van der Waals surface area contributed by atoms with E-state index in [4.69, 9.17) is 15.0 Å². The molecule has 6 rings (SSSR count). The van der Waals surface area contributed by atoms with Gasteiger partial charge in [-0.1, -0.05) is 18.2 Å². The van der Waals surface area contributed by atoms with Crippen LogP contribution in [-0.2, 0) is 6.42 Å². The second-order valence-electron chi connectivity index (χ2n) is 7.54. The summed E-state index contributed by atoms with van der Waals surface area (Å²) in [6.07, 6.45) is 6.28. The van der Waals surface area contributed by atoms with Crippen molar-refractivity contribution in [3.05, 3.63) is 63.0 Å². The quantitative estimate of drug-likeness (QED) is 0.448. The molecule has 0 saturated heterocycles. The van der Waals surface area contributed by atoms with Gasteiger partial charge < -0.3 is 15.0 Å². The number of benzene rings is 1. The molecule has 1 aromatic carbocycles. The van der Waals surface area contributed by atoms with Crippen molar-refractivity contribution < 1.29 is 5.11 Å². The van der Waals surface area contributed by atoms with Gasteiger partial charge in [-0.05, 0) is 37.0 Å². The molecular formula is C20H18N8O2. The van der Waals surface area contributed by atoms with E-state index in [1.54, 1.807) is 16.8 Å². The average Bonchev–Trinajstić information content (AvgIpc) is 3.16. The maximum Gasteiger partial charge on any atom is 0.326 e. The van der Waals surface area contributed by atoms with E-state index in [1.165, 1.54) is 5.56 Å². The number of rotatable bonds is 3. The first-order valence-electron chi connectivity index (χ1n) is 9.84. The minimum absolute atomic E-state index is 0.231. The molecule has 3 aromatic heterocycles. The Labute approximate surface area is 169 Å². The van der Waals surface area contributed by atoms with Gasteiger partial charge in [-0.15, -0.1) is 0 Å². The highest BCUT2D eigenvalue weighted by Gasteiger charge is 2.24. The fourth-order valence-electron chi connectivity index (χ4n) is 3.74. The van der Waals surface area contributed by atoms with Gasteiger partial charge in [0.1, 0.15) is 5.69 Å². The summed E-state index contributed by atoms with van der Waals surface area (Å²) < 4.78 is 1.61. The Morgan fingerprint density at radius 2 is 2.07 bits per heavy atom. The van der Waals surface area contributed by atoms with Gasteiger partial charge in [0.05, 0.1) is 12.2 Å². The van der Waals surface area contributed by atoms with Crippen molar-refractivity contribution in [1.82, 2.24) is 29.5 Å². The Bertz CT molecular complexity index is 1460. The molecule has 1 fully saturated rings. The first-order valence-corrected chi connectivity index (χ1v) is 9.84. The number of nitrogens with one attached hydrogen (secondary N) is 2. The Balaban J connectivity index is 1.58. The minimum atomic E-state index is -0.483. The van der Waals surface area contributed by atoms with Crippen LogP contribution in [0.15, 0.2) is 40.2 Å². The van der Waals surface area contributed by atoms with E-state index < -0.39 is 5.69 Å². The third-order valence-electron chi connectivity index (χ3n) is 5.38. The summed E-state index contributed by atoms with van der Waals surface area (Å²) in [5.41, 5.74) is 3.21. The van der Waals surface area contributed by atoms with Gasteiger partial charge in [-0.2, -0.15) is 19.6 Å². The normalized spacial score (nSPS) is 17.3. The molecule has 3 N–H and O–H groups in total. The topological polar surface area (TPSA) is 128 Å². The Morgan fingerprint density at radius 3 is 2.87 bits per heavy atom. The van der Waals surface area contributed by atoms with Gasteiger partial charge in [-0.3, -0.25) is 4.98 Å². The highest BCUT2D eigenvalue weighted by atomic mass is 16.3. The Hall–Kier alpha value is -3.95. The molecule has 10 nitrogen and oxygen atoms in total. The monoisotopic (exact) mass is 402 g/mol. The van der Waals surface area contributed by atoms with Crippen molar-refractivity contribution in [2.24, 2.45) is 4.99 Å². The second kappa shape index (κ2) is 6.28. The van der Waals surface area contributed by atoms with Gasteiger partial charge >= 0.3 is 5.69 Å². The number of hydrogen-bond acceptors (Lipinski definition) is 7. The summed E-state index contributed by atoms with van der Waals surface area (Å²) in [4.78, 5) is 32.7. The minimum Gasteiger partial charge on any atom is -0.493 e. The van der Waals surface area contributed by atoms with E-state index in [0.29, 0.717) is 22.4 Å². The van der Waals surface area contributed by atoms with Gasteiger partial charge in [-0.25, -0.2) is 9.79 Å². The largest absolute Gasteiger partial charge is 0.493 e. The van der Waals surface area contributed by atoms with E-state index in [9.17, 15) is 9.90 Å². The summed E-state index contributed by atoms with van der Waals surface area (Å²) in [5.74, 6) is 0.332. The van der Waals surface area contributed by atoms with Crippen LogP contribution in [-0.4, -0.2) is 47.2 Å². The van der Waals surface area contributed by atoms with Crippen LogP contribution < -0.4 is 21.4 Å². The molecule has 150 valence electrons. The number of para-hydroxylation sites is 1. The van der Waals surface area contributed by atoms with Gasteiger partial charge in [0.15, 0.2) is 5.65 Å². The molecule has 1 aliphatic carbocycles. The van der Waals surface area contributed by atoms with Crippen LogP contribution in [0.5, 0.6) is 5.88 Å². The van der Waals surface area contributed by atoms with Gasteiger partial charge in [0.2, 0.25) is 11.8 Å². The van der Waals surface area contributed by atoms with Gasteiger partial charge in [0, 0.05) is 17.5 Å². The van der Waals surface area contributed by atoms with Crippen molar-refractivity contribution in [3.63, 3.8) is 0 Å². The zero-order chi connectivity index (χ0) is 20.2. The van der Waals surface area contributed by atoms with Crippen molar-refractivity contribution in [3.8, 4) is 5.88 Å². The van der Waals surface area contributed by atoms with Crippen LogP contribution in [0.2, 0.25) is 0 Å². The lowest BCUT2D eigenvalue weighted by atomic mass is 10.2. The van der Waals surface area contributed by atoms with E-state index in [-0.39, 0.29) is 17.6 Å². The second-order valence-corrected chi connectivity index (χ2v) is 7.54. The lowest BCUT2D eigenvalue weighted by molar-refractivity contribution is 0.454. The summed E-state index contributed by atoms with van der Waals surface area (Å²) in [6.45, 7) is 0.789. The SMILES string of the molecule is O=c1[nH]c(O)c(/C=c2/cnn3c(=NC4CC4)nc(N4CCc5ccccc54)nc23)[nH]1. The van der Waals surface area contributed by atoms with Crippen LogP contribution in [0.3, 0.4) is 0 Å². The fraction of sp³-hybridized carbons (Fsp3) is 0.250. The molecule has 0 atom stereocenters. The van der Waals surface area contributed by atoms with Crippen molar-refractivity contribution >= 4 is 23.4 Å². The standard InChI is InChI=1S/C20H18N8O2/c29-17-14(23-20(30)25-17)9-12-10-21-28-16(12)24-18(26-19(28)22-13-5-6-13)27-8-7-11-3-1-2-4-15(11)27/h1-4,9-10,13,29H,5-8H2,(H2,23,25,30)/b12-9-,22-19?. The fourth-order valence-corrected chi connectivity index (χ4v) is 3.74. The number of hydrogen-bond donors (Lipinski definition) is 3. The molecule has 1 saturated carbocycles. The van der Waals surface area contributed by atoms with E-state index >= 15 is 0 Å². The summed E-state index contributed by atoms with van der Waals surface area (Å²) in [6, 6.07) is 8.50. The molecule has 0 amide bonds. The molecule has 0 radical (unpaired) electrons. The van der Waals surface area contributed by atoms with Crippen molar-refractivity contribution in [2.75, 3.05) is 11.4 Å². The highest BCUT2D eigenvalue weighted by molar-refractivity contribution is 5.66. The van der Waals surface area contributed by atoms with Crippen LogP contribution in [0.4, 0.5) is 11.6 Å². The number of aromatic hydroxyl groups is 1. The summed E-state index contributed by atoms with van der Waals surface area (Å²) in [7, 11) is 0. The number of aromatic nitrogens is 6. The Kier molecular flexibility index (Phi) is 3.55. The highest BCUT2D eigenvalue weighted by Crippen LogP contribution is 2.31. The van der Waals surface area contributed by atoms with E-state index in [0.717, 1.165) is 31.5 Å². The number of H-pyrrole nitrogens is 2. The smallest absolute Gasteiger partial charge is 0.326 e. The summed E-state index contributed by atoms with van der Waals surface area (Å²) in [5, 5.41) is 15.0. The molecule has 30 heavy (non-hydrogen) atoms. The maximum atomic E-state index is 11.5. The number of fused-ring (bicyclic) bond motifs is 2. The van der Waals surface area contributed by atoms with E-state index in [1.807, 2.05) is 12.1 Å². The van der Waals surface area contributed by atoms with Gasteiger partial charge in [0.25, 0.3) is 5.62 Å². The molecule has 0 unspecified atom stereocenters. The molecule has 0 bridgehead atoms. The van der Waals surface area contributed by atoms with Crippen LogP contribution in [0.25, 0.3) is 11.7 Å². The molecule has 0 spiro atoms. The number of imidazole rings is 1. The maximum absolute atomic E-state index is 11.5. The van der Waals surface area contributed by atoms with E-state index in [2.05, 4.69) is 32.1 Å². The van der Waals surface area contributed by atoms with Crippen molar-refractivity contribution in [2.45, 2.75) is 25.3 Å². The molecule has 1 aliphatic heterocycles. The third kappa shape index (κ3) is 2.76. The Morgan fingerprint density at radius 1 is 1.20 bits per heavy atom. The molecule has 2 aliphatic rings. The predicted molar refractivity (Wildman–Crippen MR) is 108 cm³/mol. The van der Waals surface area contributed by atoms with Crippen LogP contribution in [0.1, 0.15) is 24.1 Å². The number of nitrogens with zero attached hydrogens (tertiary/aromatic N) is 6. The predicted octanol–water partition coefficient (Wildman–Crippen LogP) is 0.151. The molecule has 10 heteroatoms. The lowest BCUT2D eigenvalue weighted by Crippen LogP contribution is -2.28. The average molecular weight is 402 g/mol. The molecule has 4 aromatic rings. The molecule has 4 heterocycles. The van der Waals surface area contributed by atoms with Crippen LogP contribution >= 0.6 is 0 Å². The zero-order valence-corrected chi connectivity index (χ0v) is 15.9. The molecular weight excluding hydrogens is 384 g/mol. The van der Waals surface area contributed by atoms with Crippen molar-refractivity contribution in [1.29, 1.82) is 0 Å². The third-order valence-corrected chi connectivity index (χ3v) is 5.38. The zero-order valence-electron chi connectivity index (χ0n) is 15.9. The number of aromatic amines is 2. The lowest BCUT2D eigenvalue weighted by Gasteiger charge is -2.16.